The second-order valence-corrected chi connectivity index (χ2v) is 0. The Morgan fingerprint density at radius 3 is 1.25 bits per heavy atom. The minimum Gasteiger partial charge on any atom is -1.00 e. The molecule has 0 saturated carbocycles. The maximum Gasteiger partial charge on any atom is 2.00 e. The molecule has 0 heterocycles. The van der Waals surface area contributed by atoms with Gasteiger partial charge in [-0.3, -0.25) is 0 Å². The van der Waals surface area contributed by atoms with Gasteiger partial charge in [-0.2, -0.15) is 0 Å². The van der Waals surface area contributed by atoms with Crippen molar-refractivity contribution in [3.05, 3.63) is 7.43 Å². The Kier molecular flexibility index (Phi) is 154. The molecule has 2 radical (unpaired) electrons. The molecule has 0 aliphatic heterocycles. The van der Waals surface area contributed by atoms with Gasteiger partial charge in [0.2, 0.25) is 0 Å². The Morgan fingerprint density at radius 2 is 1.25 bits per heavy atom. The van der Waals surface area contributed by atoms with E-state index in [-0.39, 0.29) is 87.2 Å². The first kappa shape index (κ1) is 33.4. The fourth-order valence-corrected chi connectivity index (χ4v) is 0. The van der Waals surface area contributed by atoms with E-state index in [0.717, 1.165) is 0 Å². The fourth-order valence-electron chi connectivity index (χ4n) is 0. The van der Waals surface area contributed by atoms with Crippen molar-refractivity contribution >= 4 is 59.8 Å². The predicted molar refractivity (Wildman–Crippen MR) is 24.3 cm³/mol. The Hall–Kier alpha value is 2.31. The average molecular weight is 240 g/mol. The molecule has 0 aliphatic rings. The van der Waals surface area contributed by atoms with Crippen LogP contribution in [0.5, 0.6) is 0 Å². The Morgan fingerprint density at radius 1 is 1.25 bits per heavy atom. The van der Waals surface area contributed by atoms with Crippen molar-refractivity contribution in [1.29, 1.82) is 0 Å². The average Bonchev–Trinajstić information content (AvgIpc) is 0. The molecule has 0 aliphatic carbocycles. The first-order chi connectivity index (χ1) is 0. The standard InChI is InChI=1S/CH3.Ba.Mn.H3Si.2H/h1H3;;;1H3;;/q-1;+2;;;2*-1. The topological polar surface area (TPSA) is 0 Å². The molecule has 0 rings (SSSR count). The zero-order chi connectivity index (χ0) is 0. The van der Waals surface area contributed by atoms with Gasteiger partial charge in [0.15, 0.2) is 0 Å². The van der Waals surface area contributed by atoms with Gasteiger partial charge in [-0.05, 0) is 11.0 Å². The summed E-state index contributed by atoms with van der Waals surface area (Å²) in [6, 6.07) is 0. The normalized spacial score (nSPS) is 0. The zero-order valence-corrected chi connectivity index (χ0v) is 10.7. The Bertz CT molecular complexity index is 13.5. The fraction of sp³-hybridized carbons (Fsp3) is 0. The van der Waals surface area contributed by atoms with Crippen molar-refractivity contribution in [3.63, 3.8) is 0 Å². The third-order valence-corrected chi connectivity index (χ3v) is 0. The summed E-state index contributed by atoms with van der Waals surface area (Å²) < 4.78 is 0. The number of rotatable bonds is 0. The first-order valence-electron chi connectivity index (χ1n) is 0. The molecule has 0 nitrogen and oxygen atoms in total. The summed E-state index contributed by atoms with van der Waals surface area (Å²) in [6.07, 6.45) is 0. The number of hydrogen-bond donors (Lipinski definition) is 0. The molecule has 26 valence electrons. The van der Waals surface area contributed by atoms with Crippen LogP contribution in [0.2, 0.25) is 0 Å². The summed E-state index contributed by atoms with van der Waals surface area (Å²) in [4.78, 5) is 0. The van der Waals surface area contributed by atoms with Crippen LogP contribution in [0.3, 0.4) is 0 Å². The Labute approximate surface area is 85.7 Å². The molecule has 3 heteroatoms. The molecular formula is CH8BaMnSi-. The van der Waals surface area contributed by atoms with Crippen molar-refractivity contribution in [2.45, 2.75) is 0 Å². The van der Waals surface area contributed by atoms with Gasteiger partial charge in [-0.1, -0.05) is 0 Å². The third-order valence-electron chi connectivity index (χ3n) is 0. The zero-order valence-electron chi connectivity index (χ0n) is 5.09. The van der Waals surface area contributed by atoms with Gasteiger partial charge in [0.25, 0.3) is 0 Å². The van der Waals surface area contributed by atoms with E-state index in [1.54, 1.807) is 0 Å². The monoisotopic (exact) mass is 241 g/mol. The van der Waals surface area contributed by atoms with E-state index in [0.29, 0.717) is 0 Å². The van der Waals surface area contributed by atoms with Crippen LogP contribution in [0.25, 0.3) is 0 Å². The minimum atomic E-state index is 0. The molecule has 0 aromatic heterocycles. The van der Waals surface area contributed by atoms with Crippen LogP contribution >= 0.6 is 0 Å². The van der Waals surface area contributed by atoms with Gasteiger partial charge >= 0.3 is 48.9 Å². The van der Waals surface area contributed by atoms with E-state index in [1.807, 2.05) is 0 Å². The van der Waals surface area contributed by atoms with Crippen molar-refractivity contribution in [2.24, 2.45) is 0 Å². The van der Waals surface area contributed by atoms with Crippen LogP contribution in [-0.4, -0.2) is 59.8 Å². The maximum absolute atomic E-state index is 0. The van der Waals surface area contributed by atoms with Crippen LogP contribution in [-0.2, 0) is 17.1 Å². The molecular weight excluding hydrogens is 232 g/mol. The molecule has 0 spiro atoms. The molecule has 4 heavy (non-hydrogen) atoms. The summed E-state index contributed by atoms with van der Waals surface area (Å²) in [5.41, 5.74) is 0. The van der Waals surface area contributed by atoms with Gasteiger partial charge in [-0.25, -0.2) is 0 Å². The van der Waals surface area contributed by atoms with E-state index >= 15 is 0 Å². The summed E-state index contributed by atoms with van der Waals surface area (Å²) in [5, 5.41) is 0. The van der Waals surface area contributed by atoms with E-state index < -0.39 is 0 Å². The van der Waals surface area contributed by atoms with E-state index in [1.165, 1.54) is 0 Å². The van der Waals surface area contributed by atoms with Crippen LogP contribution in [0, 0.1) is 7.43 Å². The van der Waals surface area contributed by atoms with E-state index in [9.17, 15) is 0 Å². The van der Waals surface area contributed by atoms with Gasteiger partial charge < -0.3 is 10.3 Å². The molecule has 0 unspecified atom stereocenters. The third kappa shape index (κ3) is 8.85. The van der Waals surface area contributed by atoms with Gasteiger partial charge in [0.1, 0.15) is 0 Å². The molecule has 0 aromatic carbocycles. The quantitative estimate of drug-likeness (QED) is 0.381. The molecule has 0 atom stereocenters. The smallest absolute Gasteiger partial charge is 1.00 e. The molecule has 0 saturated heterocycles. The molecule has 0 amide bonds. The molecule has 0 N–H and O–H groups in total. The van der Waals surface area contributed by atoms with Gasteiger partial charge in [-0.15, -0.1) is 0 Å². The summed E-state index contributed by atoms with van der Waals surface area (Å²) in [7, 11) is 0. The van der Waals surface area contributed by atoms with E-state index in [4.69, 9.17) is 0 Å². The van der Waals surface area contributed by atoms with Crippen molar-refractivity contribution in [2.75, 3.05) is 0 Å². The maximum atomic E-state index is 0. The second kappa shape index (κ2) is 18.5. The first-order valence-corrected chi connectivity index (χ1v) is 0. The Balaban J connectivity index is 0. The van der Waals surface area contributed by atoms with Crippen LogP contribution in [0.15, 0.2) is 0 Å². The minimum absolute atomic E-state index is 0. The molecule has 0 fully saturated rings. The summed E-state index contributed by atoms with van der Waals surface area (Å²) in [6.45, 7) is 0. The largest absolute Gasteiger partial charge is 2.00 e. The van der Waals surface area contributed by atoms with Crippen molar-refractivity contribution < 1.29 is 19.9 Å². The predicted octanol–water partition coefficient (Wildman–Crippen LogP) is -0.892. The summed E-state index contributed by atoms with van der Waals surface area (Å²) >= 11 is 0. The van der Waals surface area contributed by atoms with Crippen molar-refractivity contribution in [1.82, 2.24) is 0 Å². The molecule has 0 aromatic rings. The number of hydrogen-bond acceptors (Lipinski definition) is 0. The summed E-state index contributed by atoms with van der Waals surface area (Å²) in [5.74, 6) is 0. The van der Waals surface area contributed by atoms with Crippen LogP contribution in [0.4, 0.5) is 0 Å². The van der Waals surface area contributed by atoms with Crippen LogP contribution in [0.1, 0.15) is 2.85 Å². The molecule has 0 bridgehead atoms. The van der Waals surface area contributed by atoms with Gasteiger partial charge in [0.05, 0.1) is 0 Å². The van der Waals surface area contributed by atoms with E-state index in [2.05, 4.69) is 0 Å². The second-order valence-electron chi connectivity index (χ2n) is 0. The van der Waals surface area contributed by atoms with Gasteiger partial charge in [0, 0.05) is 17.1 Å². The van der Waals surface area contributed by atoms with Crippen molar-refractivity contribution in [3.8, 4) is 0 Å². The SMILES string of the molecule is [Ba+2].[CH3-].[H-].[H-].[Mn].[SiH3]. The van der Waals surface area contributed by atoms with Crippen LogP contribution < -0.4 is 0 Å².